The van der Waals surface area contributed by atoms with Crippen LogP contribution in [0.1, 0.15) is 12.0 Å². The number of nitrogens with two attached hydrogens (primary N) is 1. The summed E-state index contributed by atoms with van der Waals surface area (Å²) in [6, 6.07) is 15.6. The van der Waals surface area contributed by atoms with Crippen molar-refractivity contribution in [2.24, 2.45) is 0 Å². The second-order valence-electron chi connectivity index (χ2n) is 6.87. The van der Waals surface area contributed by atoms with Gasteiger partial charge in [0.25, 0.3) is 0 Å². The highest BCUT2D eigenvalue weighted by atomic mass is 35.5. The number of thioether (sulfide) groups is 1. The van der Waals surface area contributed by atoms with Crippen molar-refractivity contribution >= 4 is 29.1 Å². The first kappa shape index (κ1) is 21.7. The summed E-state index contributed by atoms with van der Waals surface area (Å²) in [6.07, 6.45) is 6.89. The molecule has 0 bridgehead atoms. The number of aliphatic hydroxyl groups excluding tert-OH is 1. The van der Waals surface area contributed by atoms with Gasteiger partial charge in [0, 0.05) is 40.3 Å². The van der Waals surface area contributed by atoms with Gasteiger partial charge in [-0.25, -0.2) is 4.98 Å². The summed E-state index contributed by atoms with van der Waals surface area (Å²) in [5.74, 6) is 0.668. The Labute approximate surface area is 180 Å². The fraction of sp³-hybridized carbons (Fsp3) is 0.318. The van der Waals surface area contributed by atoms with Crippen LogP contribution in [-0.4, -0.2) is 39.2 Å². The second-order valence-corrected chi connectivity index (χ2v) is 8.40. The smallest absolute Gasteiger partial charge is 0.0946 e. The molecular weight excluding hydrogens is 406 g/mol. The van der Waals surface area contributed by atoms with Crippen LogP contribution >= 0.6 is 23.4 Å². The minimum absolute atomic E-state index is 0.0245. The van der Waals surface area contributed by atoms with Gasteiger partial charge in [-0.3, -0.25) is 0 Å². The van der Waals surface area contributed by atoms with Crippen molar-refractivity contribution in [2.75, 3.05) is 18.1 Å². The van der Waals surface area contributed by atoms with E-state index in [0.29, 0.717) is 12.3 Å². The maximum Gasteiger partial charge on any atom is 0.0946 e. The number of anilines is 1. The van der Waals surface area contributed by atoms with Gasteiger partial charge in [0.1, 0.15) is 0 Å². The van der Waals surface area contributed by atoms with Crippen molar-refractivity contribution in [1.29, 1.82) is 0 Å². The molecule has 2 aromatic carbocycles. The third kappa shape index (κ3) is 7.40. The normalized spacial score (nSPS) is 13.3. The van der Waals surface area contributed by atoms with Crippen molar-refractivity contribution in [1.82, 2.24) is 9.55 Å². The van der Waals surface area contributed by atoms with E-state index < -0.39 is 0 Å². The molecule has 1 aromatic heterocycles. The number of imidazole rings is 1. The topological polar surface area (TPSA) is 73.3 Å². The number of hydrogen-bond donors (Lipinski definition) is 2. The highest BCUT2D eigenvalue weighted by Crippen LogP contribution is 2.22. The predicted octanol–water partition coefficient (Wildman–Crippen LogP) is 4.29. The lowest BCUT2D eigenvalue weighted by Crippen LogP contribution is -2.30. The van der Waals surface area contributed by atoms with E-state index in [2.05, 4.69) is 4.98 Å². The second kappa shape index (κ2) is 11.3. The third-order valence-electron chi connectivity index (χ3n) is 4.55. The Hall–Kier alpha value is -1.99. The minimum atomic E-state index is -0.253. The molecule has 0 saturated heterocycles. The average Bonchev–Trinajstić information content (AvgIpc) is 3.24. The highest BCUT2D eigenvalue weighted by molar-refractivity contribution is 7.99. The maximum absolute atomic E-state index is 9.85. The van der Waals surface area contributed by atoms with Crippen LogP contribution in [0.15, 0.2) is 72.1 Å². The van der Waals surface area contributed by atoms with E-state index >= 15 is 0 Å². The lowest BCUT2D eigenvalue weighted by atomic mass is 10.1. The number of hydrogen-bond acceptors (Lipinski definition) is 5. The lowest BCUT2D eigenvalue weighted by molar-refractivity contribution is -0.0369. The Bertz CT molecular complexity index is 842. The van der Waals surface area contributed by atoms with Crippen LogP contribution in [0.2, 0.25) is 5.02 Å². The molecule has 3 N–H and O–H groups in total. The van der Waals surface area contributed by atoms with Gasteiger partial charge in [0.2, 0.25) is 0 Å². The predicted molar refractivity (Wildman–Crippen MR) is 119 cm³/mol. The number of aromatic nitrogens is 2. The van der Waals surface area contributed by atoms with E-state index in [-0.39, 0.29) is 18.8 Å². The van der Waals surface area contributed by atoms with E-state index in [9.17, 15) is 5.11 Å². The summed E-state index contributed by atoms with van der Waals surface area (Å²) >= 11 is 7.63. The molecule has 0 aliphatic rings. The Morgan fingerprint density at radius 1 is 1.10 bits per heavy atom. The van der Waals surface area contributed by atoms with Gasteiger partial charge >= 0.3 is 0 Å². The van der Waals surface area contributed by atoms with E-state index in [0.717, 1.165) is 28.4 Å². The van der Waals surface area contributed by atoms with Gasteiger partial charge in [-0.2, -0.15) is 0 Å². The largest absolute Gasteiger partial charge is 0.399 e. The molecule has 3 aromatic rings. The number of rotatable bonds is 11. The van der Waals surface area contributed by atoms with Gasteiger partial charge in [-0.1, -0.05) is 23.7 Å². The summed E-state index contributed by atoms with van der Waals surface area (Å²) in [5.41, 5.74) is 7.70. The quantitative estimate of drug-likeness (QED) is 0.350. The fourth-order valence-corrected chi connectivity index (χ4v) is 3.99. The van der Waals surface area contributed by atoms with Crippen molar-refractivity contribution in [3.8, 4) is 0 Å². The maximum atomic E-state index is 9.85. The van der Waals surface area contributed by atoms with Crippen LogP contribution in [-0.2, 0) is 17.7 Å². The van der Waals surface area contributed by atoms with Crippen LogP contribution in [0, 0.1) is 0 Å². The van der Waals surface area contributed by atoms with E-state index in [1.54, 1.807) is 24.3 Å². The molecule has 3 rings (SSSR count). The van der Waals surface area contributed by atoms with E-state index in [1.807, 2.05) is 59.3 Å². The van der Waals surface area contributed by atoms with Gasteiger partial charge < -0.3 is 20.1 Å². The van der Waals surface area contributed by atoms with Crippen LogP contribution in [0.5, 0.6) is 0 Å². The number of nitrogens with zero attached hydrogens (tertiary/aromatic N) is 2. The van der Waals surface area contributed by atoms with Crippen LogP contribution < -0.4 is 5.73 Å². The molecule has 154 valence electrons. The Kier molecular flexibility index (Phi) is 8.43. The molecule has 0 saturated carbocycles. The first-order chi connectivity index (χ1) is 14.1. The number of halogens is 1. The van der Waals surface area contributed by atoms with Crippen LogP contribution in [0.4, 0.5) is 5.69 Å². The molecule has 0 fully saturated rings. The zero-order valence-corrected chi connectivity index (χ0v) is 17.7. The molecule has 0 aliphatic heterocycles. The standard InChI is InChI=1S/C22H26ClN3O2S/c23-18-4-1-17(2-5-18)3-8-20(13-26-12-11-25-16-26)28-21(14-27)15-29-22-9-6-19(24)7-10-22/h1-2,4-7,9-12,16,20-21,27H,3,8,13-15,24H2/t20?,21-/m1/s1. The van der Waals surface area contributed by atoms with Crippen molar-refractivity contribution in [3.63, 3.8) is 0 Å². The molecule has 0 radical (unpaired) electrons. The summed E-state index contributed by atoms with van der Waals surface area (Å²) < 4.78 is 8.30. The first-order valence-corrected chi connectivity index (χ1v) is 10.9. The van der Waals surface area contributed by atoms with Crippen LogP contribution in [0.25, 0.3) is 0 Å². The first-order valence-electron chi connectivity index (χ1n) is 9.57. The molecule has 5 nitrogen and oxygen atoms in total. The number of benzene rings is 2. The molecule has 1 unspecified atom stereocenters. The monoisotopic (exact) mass is 431 g/mol. The third-order valence-corrected chi connectivity index (χ3v) is 5.94. The van der Waals surface area contributed by atoms with Crippen molar-refractivity contribution < 1.29 is 9.84 Å². The van der Waals surface area contributed by atoms with Crippen molar-refractivity contribution in [3.05, 3.63) is 77.8 Å². The zero-order chi connectivity index (χ0) is 20.5. The molecule has 1 heterocycles. The Morgan fingerprint density at radius 3 is 2.52 bits per heavy atom. The molecule has 29 heavy (non-hydrogen) atoms. The van der Waals surface area contributed by atoms with Gasteiger partial charge in [-0.15, -0.1) is 11.8 Å². The minimum Gasteiger partial charge on any atom is -0.399 e. The fourth-order valence-electron chi connectivity index (χ4n) is 2.97. The van der Waals surface area contributed by atoms with Crippen molar-refractivity contribution in [2.45, 2.75) is 36.5 Å². The number of ether oxygens (including phenoxy) is 1. The Morgan fingerprint density at radius 2 is 1.86 bits per heavy atom. The van der Waals surface area contributed by atoms with Crippen LogP contribution in [0.3, 0.4) is 0 Å². The highest BCUT2D eigenvalue weighted by Gasteiger charge is 2.18. The number of aryl methyl sites for hydroxylation is 1. The molecule has 0 spiro atoms. The lowest BCUT2D eigenvalue weighted by Gasteiger charge is -2.24. The SMILES string of the molecule is Nc1ccc(SC[C@@H](CO)OC(CCc2ccc(Cl)cc2)Cn2ccnc2)cc1. The summed E-state index contributed by atoms with van der Waals surface area (Å²) in [5, 5.41) is 10.6. The molecule has 2 atom stereocenters. The zero-order valence-electron chi connectivity index (χ0n) is 16.2. The number of nitrogen functional groups attached to an aromatic ring is 1. The Balaban J connectivity index is 1.58. The summed E-state index contributed by atoms with van der Waals surface area (Å²) in [6.45, 7) is 0.667. The molecule has 0 amide bonds. The molecular formula is C22H26ClN3O2S. The molecule has 7 heteroatoms. The van der Waals surface area contributed by atoms with Gasteiger partial charge in [-0.05, 0) is 54.8 Å². The van der Waals surface area contributed by atoms with Gasteiger partial charge in [0.05, 0.1) is 25.1 Å². The van der Waals surface area contributed by atoms with Gasteiger partial charge in [0.15, 0.2) is 0 Å². The number of aliphatic hydroxyl groups is 1. The summed E-state index contributed by atoms with van der Waals surface area (Å²) in [4.78, 5) is 5.22. The van der Waals surface area contributed by atoms with E-state index in [4.69, 9.17) is 22.1 Å². The molecule has 0 aliphatic carbocycles. The average molecular weight is 432 g/mol. The van der Waals surface area contributed by atoms with E-state index in [1.165, 1.54) is 5.56 Å². The summed E-state index contributed by atoms with van der Waals surface area (Å²) in [7, 11) is 0.